The minimum absolute atomic E-state index is 0.641. The molecule has 0 unspecified atom stereocenters. The number of aryl methyl sites for hydroxylation is 1. The molecule has 3 aromatic rings. The molecule has 26 heavy (non-hydrogen) atoms. The van der Waals surface area contributed by atoms with Crippen molar-refractivity contribution in [3.8, 4) is 17.5 Å². The molecule has 1 fully saturated rings. The number of hydrogen-bond acceptors (Lipinski definition) is 4. The fraction of sp³-hybridized carbons (Fsp3) is 0.286. The van der Waals surface area contributed by atoms with Gasteiger partial charge in [0.05, 0.1) is 11.6 Å². The van der Waals surface area contributed by atoms with Crippen LogP contribution in [-0.4, -0.2) is 32.5 Å². The van der Waals surface area contributed by atoms with E-state index in [1.54, 1.807) is 0 Å². The van der Waals surface area contributed by atoms with Crippen LogP contribution in [0.4, 0.5) is 0 Å². The minimum atomic E-state index is 0.641. The summed E-state index contributed by atoms with van der Waals surface area (Å²) >= 11 is 0. The normalized spacial score (nSPS) is 14.8. The predicted octanol–water partition coefficient (Wildman–Crippen LogP) is 3.26. The molecule has 0 spiro atoms. The highest BCUT2D eigenvalue weighted by atomic mass is 15.2. The first-order valence-corrected chi connectivity index (χ1v) is 8.87. The summed E-state index contributed by atoms with van der Waals surface area (Å²) in [6, 6.07) is 14.1. The van der Waals surface area contributed by atoms with Crippen molar-refractivity contribution >= 4 is 0 Å². The molecule has 0 bridgehead atoms. The summed E-state index contributed by atoms with van der Waals surface area (Å²) in [5.41, 5.74) is 4.29. The van der Waals surface area contributed by atoms with Crippen molar-refractivity contribution in [1.29, 1.82) is 5.26 Å². The van der Waals surface area contributed by atoms with Gasteiger partial charge in [-0.05, 0) is 36.8 Å². The fourth-order valence-corrected chi connectivity index (χ4v) is 3.55. The van der Waals surface area contributed by atoms with Crippen molar-refractivity contribution in [3.05, 3.63) is 71.8 Å². The van der Waals surface area contributed by atoms with Crippen LogP contribution in [0.5, 0.6) is 0 Å². The summed E-state index contributed by atoms with van der Waals surface area (Å²) in [5, 5.41) is 8.88. The van der Waals surface area contributed by atoms with Crippen LogP contribution in [0.2, 0.25) is 0 Å². The van der Waals surface area contributed by atoms with Gasteiger partial charge >= 0.3 is 0 Å². The van der Waals surface area contributed by atoms with Crippen molar-refractivity contribution in [2.24, 2.45) is 5.92 Å². The lowest BCUT2D eigenvalue weighted by atomic mass is 9.98. The lowest BCUT2D eigenvalue weighted by Gasteiger charge is -2.40. The van der Waals surface area contributed by atoms with Gasteiger partial charge in [0.15, 0.2) is 0 Å². The quantitative estimate of drug-likeness (QED) is 0.713. The molecule has 130 valence electrons. The molecular weight excluding hydrogens is 322 g/mol. The Morgan fingerprint density at radius 1 is 1.12 bits per heavy atom. The molecule has 1 aliphatic rings. The Balaban J connectivity index is 1.37. The van der Waals surface area contributed by atoms with Crippen LogP contribution in [0.1, 0.15) is 16.8 Å². The van der Waals surface area contributed by atoms with Crippen LogP contribution < -0.4 is 0 Å². The molecule has 1 saturated heterocycles. The highest BCUT2D eigenvalue weighted by molar-refractivity contribution is 5.55. The lowest BCUT2D eigenvalue weighted by Crippen LogP contribution is -2.47. The van der Waals surface area contributed by atoms with E-state index in [0.717, 1.165) is 43.1 Å². The first-order chi connectivity index (χ1) is 12.7. The van der Waals surface area contributed by atoms with E-state index in [0.29, 0.717) is 5.92 Å². The Kier molecular flexibility index (Phi) is 4.51. The number of nitrogens with zero attached hydrogens (tertiary/aromatic N) is 5. The van der Waals surface area contributed by atoms with Crippen molar-refractivity contribution in [2.75, 3.05) is 13.1 Å². The maximum Gasteiger partial charge on any atom is 0.140 e. The van der Waals surface area contributed by atoms with E-state index in [2.05, 4.69) is 32.4 Å². The topological polar surface area (TPSA) is 57.7 Å². The maximum absolute atomic E-state index is 8.88. The standard InChI is InChI=1S/C21H21N5/c1-16-11-24-21(20-6-8-23-9-7-20)26(16)15-19-13-25(14-19)12-18-4-2-17(10-22)3-5-18/h2-9,11,19H,12-15H2,1H3. The van der Waals surface area contributed by atoms with Crippen LogP contribution in [0, 0.1) is 24.2 Å². The summed E-state index contributed by atoms with van der Waals surface area (Å²) in [6.45, 7) is 6.24. The molecule has 0 amide bonds. The zero-order valence-corrected chi connectivity index (χ0v) is 14.8. The first kappa shape index (κ1) is 16.5. The van der Waals surface area contributed by atoms with Crippen LogP contribution >= 0.6 is 0 Å². The minimum Gasteiger partial charge on any atom is -0.328 e. The van der Waals surface area contributed by atoms with Gasteiger partial charge < -0.3 is 4.57 Å². The van der Waals surface area contributed by atoms with Gasteiger partial charge in [-0.2, -0.15) is 5.26 Å². The van der Waals surface area contributed by atoms with Gasteiger partial charge in [0.25, 0.3) is 0 Å². The number of aromatic nitrogens is 3. The monoisotopic (exact) mass is 343 g/mol. The summed E-state index contributed by atoms with van der Waals surface area (Å²) in [6.07, 6.45) is 5.57. The van der Waals surface area contributed by atoms with Gasteiger partial charge in [0.1, 0.15) is 5.82 Å². The average molecular weight is 343 g/mol. The van der Waals surface area contributed by atoms with Crippen LogP contribution in [0.15, 0.2) is 55.0 Å². The molecule has 0 aliphatic carbocycles. The van der Waals surface area contributed by atoms with E-state index >= 15 is 0 Å². The lowest BCUT2D eigenvalue weighted by molar-refractivity contribution is 0.0803. The molecule has 3 heterocycles. The number of rotatable bonds is 5. The zero-order chi connectivity index (χ0) is 17.9. The highest BCUT2D eigenvalue weighted by Gasteiger charge is 2.28. The summed E-state index contributed by atoms with van der Waals surface area (Å²) in [7, 11) is 0. The van der Waals surface area contributed by atoms with Gasteiger partial charge in [-0.3, -0.25) is 9.88 Å². The molecule has 5 heteroatoms. The van der Waals surface area contributed by atoms with Crippen molar-refractivity contribution < 1.29 is 0 Å². The van der Waals surface area contributed by atoms with Crippen LogP contribution in [0.25, 0.3) is 11.4 Å². The van der Waals surface area contributed by atoms with Crippen molar-refractivity contribution in [2.45, 2.75) is 20.0 Å². The third-order valence-electron chi connectivity index (χ3n) is 4.96. The van der Waals surface area contributed by atoms with E-state index in [-0.39, 0.29) is 0 Å². The predicted molar refractivity (Wildman–Crippen MR) is 100 cm³/mol. The SMILES string of the molecule is Cc1cnc(-c2ccncc2)n1CC1CN(Cc2ccc(C#N)cc2)C1. The molecule has 0 atom stereocenters. The van der Waals surface area contributed by atoms with Gasteiger partial charge in [-0.1, -0.05) is 12.1 Å². The molecule has 4 rings (SSSR count). The zero-order valence-electron chi connectivity index (χ0n) is 14.8. The Hall–Kier alpha value is -2.97. The molecule has 0 radical (unpaired) electrons. The number of likely N-dealkylation sites (tertiary alicyclic amines) is 1. The van der Waals surface area contributed by atoms with Gasteiger partial charge in [-0.25, -0.2) is 4.98 Å². The van der Waals surface area contributed by atoms with Crippen molar-refractivity contribution in [1.82, 2.24) is 19.4 Å². The Bertz CT molecular complexity index is 915. The molecule has 1 aromatic carbocycles. The molecule has 5 nitrogen and oxygen atoms in total. The maximum atomic E-state index is 8.88. The third kappa shape index (κ3) is 3.37. The summed E-state index contributed by atoms with van der Waals surface area (Å²) < 4.78 is 2.32. The summed E-state index contributed by atoms with van der Waals surface area (Å²) in [4.78, 5) is 11.1. The van der Waals surface area contributed by atoms with Gasteiger partial charge in [-0.15, -0.1) is 0 Å². The Morgan fingerprint density at radius 3 is 2.54 bits per heavy atom. The number of pyridine rings is 1. The second-order valence-electron chi connectivity index (χ2n) is 6.94. The number of nitriles is 1. The first-order valence-electron chi connectivity index (χ1n) is 8.87. The second kappa shape index (κ2) is 7.11. The van der Waals surface area contributed by atoms with Crippen molar-refractivity contribution in [3.63, 3.8) is 0 Å². The smallest absolute Gasteiger partial charge is 0.140 e. The van der Waals surface area contributed by atoms with Crippen LogP contribution in [-0.2, 0) is 13.1 Å². The highest BCUT2D eigenvalue weighted by Crippen LogP contribution is 2.25. The Morgan fingerprint density at radius 2 is 1.85 bits per heavy atom. The number of benzene rings is 1. The molecule has 1 aliphatic heterocycles. The third-order valence-corrected chi connectivity index (χ3v) is 4.96. The summed E-state index contributed by atoms with van der Waals surface area (Å²) in [5.74, 6) is 1.66. The van der Waals surface area contributed by atoms with E-state index in [4.69, 9.17) is 5.26 Å². The second-order valence-corrected chi connectivity index (χ2v) is 6.94. The number of imidazole rings is 1. The Labute approximate surface area is 153 Å². The largest absolute Gasteiger partial charge is 0.328 e. The number of hydrogen-bond donors (Lipinski definition) is 0. The molecule has 2 aromatic heterocycles. The molecule has 0 N–H and O–H groups in total. The molecule has 0 saturated carbocycles. The van der Waals surface area contributed by atoms with E-state index < -0.39 is 0 Å². The van der Waals surface area contributed by atoms with E-state index in [1.165, 1.54) is 11.3 Å². The average Bonchev–Trinajstić information content (AvgIpc) is 3.02. The molecular formula is C21H21N5. The van der Waals surface area contributed by atoms with E-state index in [9.17, 15) is 0 Å². The van der Waals surface area contributed by atoms with Gasteiger partial charge in [0.2, 0.25) is 0 Å². The van der Waals surface area contributed by atoms with Gasteiger partial charge in [0, 0.05) is 61.9 Å². The fourth-order valence-electron chi connectivity index (χ4n) is 3.55. The van der Waals surface area contributed by atoms with Crippen LogP contribution in [0.3, 0.4) is 0 Å². The van der Waals surface area contributed by atoms with E-state index in [1.807, 2.05) is 55.0 Å².